The van der Waals surface area contributed by atoms with Crippen LogP contribution in [0, 0.1) is 11.3 Å². The Balaban J connectivity index is 4.55. The average molecular weight is 306 g/mol. The Labute approximate surface area is 117 Å². The van der Waals surface area contributed by atoms with Crippen LogP contribution in [0.5, 0.6) is 0 Å². The fourth-order valence-electron chi connectivity index (χ4n) is 1.33. The van der Waals surface area contributed by atoms with Gasteiger partial charge in [-0.15, -0.1) is 0 Å². The summed E-state index contributed by atoms with van der Waals surface area (Å²) in [5, 5.41) is 10.9. The number of nitrogens with zero attached hydrogens (tertiary/aromatic N) is 1. The molecule has 0 aliphatic carbocycles. The van der Waals surface area contributed by atoms with Crippen LogP contribution < -0.4 is 5.09 Å². The summed E-state index contributed by atoms with van der Waals surface area (Å²) in [7, 11) is -0.846. The summed E-state index contributed by atoms with van der Waals surface area (Å²) in [5.74, 6) is -1.14. The lowest BCUT2D eigenvalue weighted by Crippen LogP contribution is -2.36. The molecule has 0 spiro atoms. The molecule has 0 amide bonds. The van der Waals surface area contributed by atoms with Gasteiger partial charge in [0.25, 0.3) is 7.52 Å². The van der Waals surface area contributed by atoms with Crippen molar-refractivity contribution in [3.05, 3.63) is 0 Å². The van der Waals surface area contributed by atoms with Gasteiger partial charge >= 0.3 is 11.9 Å². The van der Waals surface area contributed by atoms with E-state index in [0.717, 1.165) is 0 Å². The first-order chi connectivity index (χ1) is 9.36. The van der Waals surface area contributed by atoms with E-state index in [1.807, 2.05) is 6.07 Å². The Morgan fingerprint density at radius 2 is 2.00 bits per heavy atom. The van der Waals surface area contributed by atoms with E-state index in [0.29, 0.717) is 0 Å². The largest absolute Gasteiger partial charge is 0.469 e. The van der Waals surface area contributed by atoms with Crippen LogP contribution in [0.15, 0.2) is 0 Å². The first-order valence-corrected chi connectivity index (χ1v) is 7.95. The minimum Gasteiger partial charge on any atom is -0.469 e. The molecule has 0 heterocycles. The fourth-order valence-corrected chi connectivity index (χ4v) is 2.64. The minimum absolute atomic E-state index is 0.0117. The lowest BCUT2D eigenvalue weighted by atomic mass is 10.2. The highest BCUT2D eigenvalue weighted by Gasteiger charge is 2.28. The van der Waals surface area contributed by atoms with Crippen LogP contribution in [0.3, 0.4) is 0 Å². The molecule has 0 saturated carbocycles. The molecular formula is C11H19N2O6P. The monoisotopic (exact) mass is 306 g/mol. The Morgan fingerprint density at radius 3 is 2.50 bits per heavy atom. The molecule has 9 heteroatoms. The zero-order valence-corrected chi connectivity index (χ0v) is 12.6. The van der Waals surface area contributed by atoms with E-state index in [1.54, 1.807) is 0 Å². The van der Waals surface area contributed by atoms with Gasteiger partial charge in [-0.3, -0.25) is 14.2 Å². The van der Waals surface area contributed by atoms with E-state index in [4.69, 9.17) is 9.79 Å². The highest BCUT2D eigenvalue weighted by molar-refractivity contribution is 7.56. The second kappa shape index (κ2) is 9.48. The number of hydrogen-bond donors (Lipinski definition) is 1. The minimum atomic E-state index is -3.27. The number of methoxy groups -OCH3 is 2. The SMILES string of the molecule is COC(=O)CC[C@H](NP(C)(=O)OCCC#N)C(=O)OC. The van der Waals surface area contributed by atoms with Crippen molar-refractivity contribution in [1.29, 1.82) is 5.26 Å². The van der Waals surface area contributed by atoms with Gasteiger partial charge in [0.05, 0.1) is 33.3 Å². The number of ether oxygens (including phenoxy) is 2. The Bertz CT molecular complexity index is 420. The molecule has 2 atom stereocenters. The zero-order valence-electron chi connectivity index (χ0n) is 11.7. The maximum Gasteiger partial charge on any atom is 0.323 e. The van der Waals surface area contributed by atoms with E-state index >= 15 is 0 Å². The first kappa shape index (κ1) is 18.6. The molecule has 0 bridgehead atoms. The molecular weight excluding hydrogens is 287 g/mol. The molecule has 0 aliphatic heterocycles. The van der Waals surface area contributed by atoms with Crippen molar-refractivity contribution in [3.63, 3.8) is 0 Å². The van der Waals surface area contributed by atoms with E-state index in [1.165, 1.54) is 20.9 Å². The molecule has 0 aromatic carbocycles. The lowest BCUT2D eigenvalue weighted by molar-refractivity contribution is -0.144. The molecule has 20 heavy (non-hydrogen) atoms. The van der Waals surface area contributed by atoms with Crippen LogP contribution >= 0.6 is 7.52 Å². The number of rotatable bonds is 9. The maximum atomic E-state index is 12.1. The third-order valence-corrected chi connectivity index (χ3v) is 3.75. The maximum absolute atomic E-state index is 12.1. The molecule has 114 valence electrons. The van der Waals surface area contributed by atoms with Crippen LogP contribution in [0.4, 0.5) is 0 Å². The van der Waals surface area contributed by atoms with Crippen molar-refractivity contribution in [2.75, 3.05) is 27.5 Å². The summed E-state index contributed by atoms with van der Waals surface area (Å²) < 4.78 is 26.1. The topological polar surface area (TPSA) is 115 Å². The van der Waals surface area contributed by atoms with Gasteiger partial charge in [0.1, 0.15) is 6.04 Å². The molecule has 8 nitrogen and oxygen atoms in total. The molecule has 0 aromatic rings. The number of hydrogen-bond acceptors (Lipinski definition) is 7. The lowest BCUT2D eigenvalue weighted by Gasteiger charge is -2.21. The van der Waals surface area contributed by atoms with Crippen molar-refractivity contribution in [3.8, 4) is 6.07 Å². The van der Waals surface area contributed by atoms with E-state index in [2.05, 4.69) is 14.6 Å². The number of esters is 2. The summed E-state index contributed by atoms with van der Waals surface area (Å²) in [6.45, 7) is 1.28. The van der Waals surface area contributed by atoms with Gasteiger partial charge in [0, 0.05) is 13.1 Å². The highest BCUT2D eigenvalue weighted by atomic mass is 31.2. The number of carbonyl (C=O) groups excluding carboxylic acids is 2. The van der Waals surface area contributed by atoms with E-state index in [-0.39, 0.29) is 25.9 Å². The fraction of sp³-hybridized carbons (Fsp3) is 0.727. The molecule has 0 aromatic heterocycles. The van der Waals surface area contributed by atoms with Gasteiger partial charge < -0.3 is 14.0 Å². The predicted octanol–water partition coefficient (Wildman–Crippen LogP) is 0.824. The summed E-state index contributed by atoms with van der Waals surface area (Å²) in [6.07, 6.45) is 0.130. The van der Waals surface area contributed by atoms with Gasteiger partial charge in [0.15, 0.2) is 0 Å². The van der Waals surface area contributed by atoms with Gasteiger partial charge in [0.2, 0.25) is 0 Å². The number of carbonyl (C=O) groups is 2. The summed E-state index contributed by atoms with van der Waals surface area (Å²) in [6, 6.07) is 0.901. The number of nitriles is 1. The Kier molecular flexibility index (Phi) is 8.81. The van der Waals surface area contributed by atoms with Gasteiger partial charge in [-0.1, -0.05) is 0 Å². The van der Waals surface area contributed by atoms with Crippen LogP contribution in [-0.4, -0.2) is 45.5 Å². The summed E-state index contributed by atoms with van der Waals surface area (Å²) >= 11 is 0. The average Bonchev–Trinajstić information content (AvgIpc) is 2.42. The summed E-state index contributed by atoms with van der Waals surface area (Å²) in [4.78, 5) is 22.6. The normalized spacial score (nSPS) is 14.7. The van der Waals surface area contributed by atoms with E-state index < -0.39 is 25.5 Å². The molecule has 0 saturated heterocycles. The van der Waals surface area contributed by atoms with Gasteiger partial charge in [-0.05, 0) is 6.42 Å². The molecule has 0 fully saturated rings. The Hall–Kier alpha value is -1.42. The molecule has 1 unspecified atom stereocenters. The van der Waals surface area contributed by atoms with Crippen LogP contribution in [0.2, 0.25) is 0 Å². The van der Waals surface area contributed by atoms with Crippen LogP contribution in [0.1, 0.15) is 19.3 Å². The third kappa shape index (κ3) is 7.89. The van der Waals surface area contributed by atoms with Crippen molar-refractivity contribution >= 4 is 19.5 Å². The third-order valence-electron chi connectivity index (χ3n) is 2.29. The van der Waals surface area contributed by atoms with E-state index in [9.17, 15) is 14.2 Å². The second-order valence-corrected chi connectivity index (χ2v) is 6.11. The molecule has 0 rings (SSSR count). The summed E-state index contributed by atoms with van der Waals surface area (Å²) in [5.41, 5.74) is 0. The zero-order chi connectivity index (χ0) is 15.6. The van der Waals surface area contributed by atoms with Gasteiger partial charge in [-0.25, -0.2) is 5.09 Å². The van der Waals surface area contributed by atoms with Crippen molar-refractivity contribution in [2.24, 2.45) is 0 Å². The quantitative estimate of drug-likeness (QED) is 0.378. The first-order valence-electron chi connectivity index (χ1n) is 5.87. The predicted molar refractivity (Wildman–Crippen MR) is 69.9 cm³/mol. The smallest absolute Gasteiger partial charge is 0.323 e. The van der Waals surface area contributed by atoms with Crippen molar-refractivity contribution in [1.82, 2.24) is 5.09 Å². The Morgan fingerprint density at radius 1 is 1.35 bits per heavy atom. The number of nitrogens with one attached hydrogen (secondary N) is 1. The molecule has 0 aliphatic rings. The van der Waals surface area contributed by atoms with Crippen LogP contribution in [0.25, 0.3) is 0 Å². The second-order valence-electron chi connectivity index (χ2n) is 3.91. The molecule has 1 N–H and O–H groups in total. The highest BCUT2D eigenvalue weighted by Crippen LogP contribution is 2.38. The standard InChI is InChI=1S/C11H19N2O6P/c1-17-10(14)6-5-9(11(15)18-2)13-20(3,16)19-8-4-7-12/h9H,4-6,8H2,1-3H3,(H,13,16)/t9-,20?/m0/s1. The van der Waals surface area contributed by atoms with Crippen molar-refractivity contribution in [2.45, 2.75) is 25.3 Å². The van der Waals surface area contributed by atoms with Gasteiger partial charge in [-0.2, -0.15) is 5.26 Å². The van der Waals surface area contributed by atoms with Crippen LogP contribution in [-0.2, 0) is 28.2 Å². The van der Waals surface area contributed by atoms with Crippen molar-refractivity contribution < 1.29 is 28.2 Å². The molecule has 0 radical (unpaired) electrons.